The lowest BCUT2D eigenvalue weighted by Crippen LogP contribution is -2.11. The smallest absolute Gasteiger partial charge is 0.255 e. The summed E-state index contributed by atoms with van der Waals surface area (Å²) in [6.07, 6.45) is 0. The van der Waals surface area contributed by atoms with Gasteiger partial charge in [0.05, 0.1) is 11.4 Å². The fourth-order valence-electron chi connectivity index (χ4n) is 2.92. The molecule has 0 atom stereocenters. The Hall–Kier alpha value is -4.58. The summed E-state index contributed by atoms with van der Waals surface area (Å²) in [7, 11) is 0. The highest BCUT2D eigenvalue weighted by molar-refractivity contribution is 6.04. The molecule has 0 bridgehead atoms. The first kappa shape index (κ1) is 20.7. The molecule has 2 amide bonds. The fraction of sp³-hybridized carbons (Fsp3) is 0. The maximum Gasteiger partial charge on any atom is 0.255 e. The minimum absolute atomic E-state index is 0.167. The van der Waals surface area contributed by atoms with Crippen LogP contribution in [0.1, 0.15) is 20.7 Å². The largest absolute Gasteiger partial charge is 0.322 e. The summed E-state index contributed by atoms with van der Waals surface area (Å²) in [5, 5.41) is 14.1. The summed E-state index contributed by atoms with van der Waals surface area (Å²) in [5.41, 5.74) is 3.86. The average molecular weight is 420 g/mol. The molecule has 0 aliphatic rings. The van der Waals surface area contributed by atoms with Crippen LogP contribution in [0.4, 0.5) is 22.7 Å². The lowest BCUT2D eigenvalue weighted by molar-refractivity contribution is 0.101. The van der Waals surface area contributed by atoms with Gasteiger partial charge in [0.1, 0.15) is 0 Å². The summed E-state index contributed by atoms with van der Waals surface area (Å²) in [5.74, 6) is -0.334. The minimum atomic E-state index is -0.167. The van der Waals surface area contributed by atoms with E-state index in [0.29, 0.717) is 33.9 Å². The molecule has 4 aromatic carbocycles. The van der Waals surface area contributed by atoms with Crippen molar-refractivity contribution in [3.63, 3.8) is 0 Å². The average Bonchev–Trinajstić information content (AvgIpc) is 2.85. The number of anilines is 2. The monoisotopic (exact) mass is 420 g/mol. The highest BCUT2D eigenvalue weighted by Gasteiger charge is 2.06. The molecule has 2 N–H and O–H groups in total. The van der Waals surface area contributed by atoms with Crippen molar-refractivity contribution in [3.8, 4) is 0 Å². The van der Waals surface area contributed by atoms with E-state index in [4.69, 9.17) is 0 Å². The second-order valence-electron chi connectivity index (χ2n) is 6.93. The molecule has 0 fully saturated rings. The van der Waals surface area contributed by atoms with E-state index < -0.39 is 0 Å². The first-order chi connectivity index (χ1) is 15.7. The van der Waals surface area contributed by atoms with E-state index in [2.05, 4.69) is 20.9 Å². The van der Waals surface area contributed by atoms with Crippen LogP contribution < -0.4 is 10.6 Å². The Kier molecular flexibility index (Phi) is 6.43. The third-order valence-electron chi connectivity index (χ3n) is 4.60. The van der Waals surface area contributed by atoms with Gasteiger partial charge in [-0.25, -0.2) is 0 Å². The number of nitrogens with one attached hydrogen (secondary N) is 2. The van der Waals surface area contributed by atoms with Gasteiger partial charge in [-0.3, -0.25) is 9.59 Å². The van der Waals surface area contributed by atoms with Crippen LogP contribution in [-0.4, -0.2) is 11.8 Å². The van der Waals surface area contributed by atoms with Crippen molar-refractivity contribution in [2.45, 2.75) is 0 Å². The van der Waals surface area contributed by atoms with Gasteiger partial charge in [0.15, 0.2) is 0 Å². The van der Waals surface area contributed by atoms with E-state index in [1.54, 1.807) is 72.8 Å². The molecule has 0 radical (unpaired) electrons. The predicted octanol–water partition coefficient (Wildman–Crippen LogP) is 6.61. The van der Waals surface area contributed by atoms with E-state index in [-0.39, 0.29) is 11.8 Å². The zero-order valence-corrected chi connectivity index (χ0v) is 17.1. The Labute approximate surface area is 185 Å². The van der Waals surface area contributed by atoms with Crippen molar-refractivity contribution >= 4 is 34.6 Å². The molecule has 0 aromatic heterocycles. The van der Waals surface area contributed by atoms with Gasteiger partial charge in [0.2, 0.25) is 0 Å². The first-order valence-electron chi connectivity index (χ1n) is 10.0. The Morgan fingerprint density at radius 3 is 1.16 bits per heavy atom. The van der Waals surface area contributed by atoms with Crippen molar-refractivity contribution < 1.29 is 9.59 Å². The number of benzene rings is 4. The predicted molar refractivity (Wildman–Crippen MR) is 126 cm³/mol. The van der Waals surface area contributed by atoms with Gasteiger partial charge in [-0.15, -0.1) is 0 Å². The SMILES string of the molecule is O=C(Nc1ccc(N=Nc2ccc(NC(=O)c3ccccc3)cc2)cc1)c1ccccc1. The minimum Gasteiger partial charge on any atom is -0.322 e. The number of amides is 2. The number of azo groups is 1. The summed E-state index contributed by atoms with van der Waals surface area (Å²) in [6.45, 7) is 0. The maximum absolute atomic E-state index is 12.2. The zero-order chi connectivity index (χ0) is 22.2. The quantitative estimate of drug-likeness (QED) is 0.344. The highest BCUT2D eigenvalue weighted by Crippen LogP contribution is 2.22. The molecule has 0 saturated carbocycles. The van der Waals surface area contributed by atoms with Crippen LogP contribution in [-0.2, 0) is 0 Å². The van der Waals surface area contributed by atoms with Gasteiger partial charge >= 0.3 is 0 Å². The van der Waals surface area contributed by atoms with Crippen LogP contribution in [0.2, 0.25) is 0 Å². The van der Waals surface area contributed by atoms with Crippen molar-refractivity contribution in [1.82, 2.24) is 0 Å². The van der Waals surface area contributed by atoms with Gasteiger partial charge in [-0.1, -0.05) is 36.4 Å². The molecule has 0 unspecified atom stereocenters. The molecule has 0 aliphatic heterocycles. The van der Waals surface area contributed by atoms with Crippen molar-refractivity contribution in [2.24, 2.45) is 10.2 Å². The van der Waals surface area contributed by atoms with Gasteiger partial charge in [-0.2, -0.15) is 10.2 Å². The third kappa shape index (κ3) is 5.52. The molecule has 0 saturated heterocycles. The molecular weight excluding hydrogens is 400 g/mol. The Morgan fingerprint density at radius 2 is 0.812 bits per heavy atom. The fourth-order valence-corrected chi connectivity index (χ4v) is 2.92. The zero-order valence-electron chi connectivity index (χ0n) is 17.1. The highest BCUT2D eigenvalue weighted by atomic mass is 16.2. The number of hydrogen-bond acceptors (Lipinski definition) is 4. The number of carbonyl (C=O) groups excluding carboxylic acids is 2. The molecule has 6 heteroatoms. The van der Waals surface area contributed by atoms with Gasteiger partial charge in [-0.05, 0) is 72.8 Å². The van der Waals surface area contributed by atoms with Crippen LogP contribution >= 0.6 is 0 Å². The molecule has 0 spiro atoms. The second-order valence-corrected chi connectivity index (χ2v) is 6.93. The van der Waals surface area contributed by atoms with Crippen molar-refractivity contribution in [2.75, 3.05) is 10.6 Å². The number of carbonyl (C=O) groups is 2. The number of nitrogens with zero attached hydrogens (tertiary/aromatic N) is 2. The molecule has 0 aliphatic carbocycles. The summed E-state index contributed by atoms with van der Waals surface area (Å²) in [6, 6.07) is 32.3. The molecule has 6 nitrogen and oxygen atoms in total. The summed E-state index contributed by atoms with van der Waals surface area (Å²) >= 11 is 0. The van der Waals surface area contributed by atoms with Crippen LogP contribution in [0.5, 0.6) is 0 Å². The Bertz CT molecular complexity index is 1120. The van der Waals surface area contributed by atoms with Crippen molar-refractivity contribution in [1.29, 1.82) is 0 Å². The topological polar surface area (TPSA) is 82.9 Å². The normalized spacial score (nSPS) is 10.6. The second kappa shape index (κ2) is 9.95. The maximum atomic E-state index is 12.2. The number of hydrogen-bond donors (Lipinski definition) is 2. The Balaban J connectivity index is 1.34. The van der Waals surface area contributed by atoms with Crippen LogP contribution in [0.15, 0.2) is 119 Å². The van der Waals surface area contributed by atoms with Gasteiger partial charge < -0.3 is 10.6 Å². The van der Waals surface area contributed by atoms with Gasteiger partial charge in [0, 0.05) is 22.5 Å². The lowest BCUT2D eigenvalue weighted by atomic mass is 10.2. The Morgan fingerprint density at radius 1 is 0.469 bits per heavy atom. The molecule has 32 heavy (non-hydrogen) atoms. The van der Waals surface area contributed by atoms with Crippen LogP contribution in [0, 0.1) is 0 Å². The summed E-state index contributed by atoms with van der Waals surface area (Å²) in [4.78, 5) is 24.4. The van der Waals surface area contributed by atoms with Gasteiger partial charge in [0.25, 0.3) is 11.8 Å². The lowest BCUT2D eigenvalue weighted by Gasteiger charge is -2.05. The molecule has 4 aromatic rings. The molecule has 0 heterocycles. The molecule has 156 valence electrons. The van der Waals surface area contributed by atoms with Crippen LogP contribution in [0.3, 0.4) is 0 Å². The third-order valence-corrected chi connectivity index (χ3v) is 4.60. The van der Waals surface area contributed by atoms with E-state index in [9.17, 15) is 9.59 Å². The summed E-state index contributed by atoms with van der Waals surface area (Å²) < 4.78 is 0. The first-order valence-corrected chi connectivity index (χ1v) is 10.0. The van der Waals surface area contributed by atoms with E-state index in [0.717, 1.165) is 0 Å². The van der Waals surface area contributed by atoms with E-state index >= 15 is 0 Å². The number of rotatable bonds is 6. The van der Waals surface area contributed by atoms with Crippen molar-refractivity contribution in [3.05, 3.63) is 120 Å². The standard InChI is InChI=1S/C26H20N4O2/c31-25(19-7-3-1-4-8-19)27-21-11-15-23(16-12-21)29-30-24-17-13-22(14-18-24)28-26(32)20-9-5-2-6-10-20/h1-18H,(H,27,31)(H,28,32). The molecule has 4 rings (SSSR count). The van der Waals surface area contributed by atoms with E-state index in [1.165, 1.54) is 0 Å². The van der Waals surface area contributed by atoms with Crippen LogP contribution in [0.25, 0.3) is 0 Å². The molecular formula is C26H20N4O2. The van der Waals surface area contributed by atoms with E-state index in [1.807, 2.05) is 36.4 Å².